The summed E-state index contributed by atoms with van der Waals surface area (Å²) in [7, 11) is 3.30. The predicted molar refractivity (Wildman–Crippen MR) is 77.4 cm³/mol. The number of likely N-dealkylation sites (tertiary alicyclic amines) is 1. The monoisotopic (exact) mass is 281 g/mol. The number of rotatable bonds is 7. The van der Waals surface area contributed by atoms with E-state index in [1.165, 1.54) is 32.4 Å². The van der Waals surface area contributed by atoms with Crippen molar-refractivity contribution in [3.8, 4) is 11.5 Å². The van der Waals surface area contributed by atoms with Crippen LogP contribution in [0.5, 0.6) is 11.5 Å². The summed E-state index contributed by atoms with van der Waals surface area (Å²) in [5.41, 5.74) is 2.66. The van der Waals surface area contributed by atoms with Crippen molar-refractivity contribution >= 4 is 5.69 Å². The van der Waals surface area contributed by atoms with Crippen LogP contribution in [0.25, 0.3) is 0 Å². The second kappa shape index (κ2) is 8.09. The van der Waals surface area contributed by atoms with E-state index in [1.54, 1.807) is 19.7 Å². The van der Waals surface area contributed by atoms with Gasteiger partial charge in [-0.3, -0.25) is 4.90 Å². The quantitative estimate of drug-likeness (QED) is 0.605. The van der Waals surface area contributed by atoms with Crippen molar-refractivity contribution in [1.29, 1.82) is 0 Å². The van der Waals surface area contributed by atoms with Crippen molar-refractivity contribution in [3.05, 3.63) is 18.2 Å². The Morgan fingerprint density at radius 2 is 1.90 bits per heavy atom. The van der Waals surface area contributed by atoms with Gasteiger partial charge in [-0.05, 0) is 32.0 Å². The number of benzene rings is 1. The molecule has 0 aromatic heterocycles. The van der Waals surface area contributed by atoms with Crippen molar-refractivity contribution in [1.82, 2.24) is 4.90 Å². The maximum Gasteiger partial charge on any atom is 0.167 e. The number of ether oxygens (including phenoxy) is 2. The molecule has 0 aliphatic carbocycles. The lowest BCUT2D eigenvalue weighted by Gasteiger charge is -2.26. The number of piperidine rings is 1. The Morgan fingerprint density at radius 3 is 2.60 bits per heavy atom. The molecule has 1 aliphatic heterocycles. The first kappa shape index (κ1) is 15.1. The molecule has 0 radical (unpaired) electrons. The van der Waals surface area contributed by atoms with Crippen LogP contribution in [0.15, 0.2) is 18.2 Å². The van der Waals surface area contributed by atoms with Gasteiger partial charge in [0.1, 0.15) is 6.61 Å². The molecule has 112 valence electrons. The van der Waals surface area contributed by atoms with E-state index in [0.29, 0.717) is 6.61 Å². The minimum absolute atomic E-state index is 0.687. The smallest absolute Gasteiger partial charge is 0.167 e. The van der Waals surface area contributed by atoms with Gasteiger partial charge in [-0.1, -0.05) is 6.42 Å². The summed E-state index contributed by atoms with van der Waals surface area (Å²) in [5, 5.41) is 0. The van der Waals surface area contributed by atoms with Crippen LogP contribution in [-0.4, -0.2) is 45.4 Å². The van der Waals surface area contributed by atoms with Crippen LogP contribution in [0.1, 0.15) is 19.3 Å². The normalized spacial score (nSPS) is 16.1. The number of methoxy groups -OCH3 is 1. The van der Waals surface area contributed by atoms with Crippen LogP contribution in [0.4, 0.5) is 5.69 Å². The first-order valence-electron chi connectivity index (χ1n) is 7.22. The summed E-state index contributed by atoms with van der Waals surface area (Å²) >= 11 is 0. The summed E-state index contributed by atoms with van der Waals surface area (Å²) in [6.45, 7) is 4.05. The average Bonchev–Trinajstić information content (AvgIpc) is 2.49. The van der Waals surface area contributed by atoms with Gasteiger partial charge in [0.25, 0.3) is 0 Å². The third-order valence-corrected chi connectivity index (χ3v) is 3.56. The van der Waals surface area contributed by atoms with Crippen molar-refractivity contribution in [2.24, 2.45) is 0 Å². The Bertz CT molecular complexity index is 406. The number of hydrogen-bond donors (Lipinski definition) is 1. The zero-order chi connectivity index (χ0) is 14.2. The molecule has 1 saturated heterocycles. The number of quaternary nitrogens is 1. The van der Waals surface area contributed by atoms with Gasteiger partial charge in [0.05, 0.1) is 14.2 Å². The fourth-order valence-electron chi connectivity index (χ4n) is 2.48. The van der Waals surface area contributed by atoms with Gasteiger partial charge < -0.3 is 9.47 Å². The van der Waals surface area contributed by atoms with Crippen LogP contribution in [0.3, 0.4) is 0 Å². The Labute approximate surface area is 120 Å². The number of hydrogen-bond acceptors (Lipinski definition) is 4. The maximum absolute atomic E-state index is 5.88. The molecular formula is C15H25N2O3+. The van der Waals surface area contributed by atoms with Gasteiger partial charge >= 0.3 is 0 Å². The van der Waals surface area contributed by atoms with Crippen LogP contribution in [0, 0.1) is 0 Å². The highest BCUT2D eigenvalue weighted by Crippen LogP contribution is 2.28. The molecule has 0 atom stereocenters. The molecule has 1 aromatic carbocycles. The predicted octanol–water partition coefficient (Wildman–Crippen LogP) is 1.32. The highest BCUT2D eigenvalue weighted by atomic mass is 16.6. The summed E-state index contributed by atoms with van der Waals surface area (Å²) in [4.78, 5) is 7.49. The molecule has 20 heavy (non-hydrogen) atoms. The number of nitrogens with two attached hydrogens (primary N) is 1. The summed E-state index contributed by atoms with van der Waals surface area (Å²) < 4.78 is 11.2. The van der Waals surface area contributed by atoms with E-state index in [2.05, 4.69) is 4.90 Å². The molecule has 0 unspecified atom stereocenters. The lowest BCUT2D eigenvalue weighted by molar-refractivity contribution is -0.830. The third kappa shape index (κ3) is 4.37. The Hall–Kier alpha value is -1.30. The maximum atomic E-state index is 5.88. The second-order valence-electron chi connectivity index (χ2n) is 5.01. The minimum atomic E-state index is 0.687. The summed E-state index contributed by atoms with van der Waals surface area (Å²) in [6.07, 6.45) is 3.98. The molecule has 5 nitrogen and oxygen atoms in total. The Kier molecular flexibility index (Phi) is 6.11. The molecule has 5 heteroatoms. The average molecular weight is 281 g/mol. The fourth-order valence-corrected chi connectivity index (χ4v) is 2.48. The second-order valence-corrected chi connectivity index (χ2v) is 5.01. The minimum Gasteiger partial charge on any atom is -0.493 e. The third-order valence-electron chi connectivity index (χ3n) is 3.56. The fraction of sp³-hybridized carbons (Fsp3) is 0.600. The zero-order valence-electron chi connectivity index (χ0n) is 12.4. The van der Waals surface area contributed by atoms with Crippen LogP contribution < -0.4 is 15.0 Å². The van der Waals surface area contributed by atoms with E-state index in [0.717, 1.165) is 23.7 Å². The molecule has 1 fully saturated rings. The van der Waals surface area contributed by atoms with Crippen molar-refractivity contribution in [2.75, 3.05) is 40.5 Å². The van der Waals surface area contributed by atoms with Gasteiger partial charge in [-0.2, -0.15) is 5.48 Å². The summed E-state index contributed by atoms with van der Waals surface area (Å²) in [5.74, 6) is 1.53. The topological polar surface area (TPSA) is 47.5 Å². The van der Waals surface area contributed by atoms with Crippen LogP contribution >= 0.6 is 0 Å². The molecule has 1 heterocycles. The van der Waals surface area contributed by atoms with Gasteiger partial charge in [0.2, 0.25) is 0 Å². The standard InChI is InChI=1S/C15H24N2O3/c1-18-14-7-6-13(16-19-2)12-15(14)20-11-10-17-8-4-3-5-9-17/h6-7,12,16H,3-5,8-11H2,1-2H3/p+1. The van der Waals surface area contributed by atoms with E-state index in [4.69, 9.17) is 14.3 Å². The first-order chi connectivity index (χ1) is 9.83. The van der Waals surface area contributed by atoms with Crippen molar-refractivity contribution in [3.63, 3.8) is 0 Å². The van der Waals surface area contributed by atoms with E-state index >= 15 is 0 Å². The van der Waals surface area contributed by atoms with E-state index in [-0.39, 0.29) is 0 Å². The van der Waals surface area contributed by atoms with Crippen molar-refractivity contribution < 1.29 is 19.8 Å². The molecule has 2 rings (SSSR count). The SMILES string of the molecule is CO[NH2+]c1ccc(OC)c(OCCN2CCCCC2)c1. The highest BCUT2D eigenvalue weighted by molar-refractivity contribution is 5.47. The molecule has 0 saturated carbocycles. The molecule has 2 N–H and O–H groups in total. The van der Waals surface area contributed by atoms with E-state index < -0.39 is 0 Å². The van der Waals surface area contributed by atoms with Gasteiger partial charge in [0, 0.05) is 18.7 Å². The molecule has 1 aromatic rings. The number of nitrogens with zero attached hydrogens (tertiary/aromatic N) is 1. The zero-order valence-corrected chi connectivity index (χ0v) is 12.4. The van der Waals surface area contributed by atoms with Gasteiger partial charge in [-0.15, -0.1) is 0 Å². The van der Waals surface area contributed by atoms with Gasteiger partial charge in [0.15, 0.2) is 17.2 Å². The molecule has 1 aliphatic rings. The Balaban J connectivity index is 1.87. The highest BCUT2D eigenvalue weighted by Gasteiger charge is 2.12. The molecule has 0 amide bonds. The molecule has 0 bridgehead atoms. The Morgan fingerprint density at radius 1 is 1.10 bits per heavy atom. The van der Waals surface area contributed by atoms with E-state index in [9.17, 15) is 0 Å². The largest absolute Gasteiger partial charge is 0.493 e. The van der Waals surface area contributed by atoms with Gasteiger partial charge in [-0.25, -0.2) is 4.84 Å². The van der Waals surface area contributed by atoms with Crippen molar-refractivity contribution in [2.45, 2.75) is 19.3 Å². The van der Waals surface area contributed by atoms with E-state index in [1.807, 2.05) is 18.2 Å². The van der Waals surface area contributed by atoms with Crippen LogP contribution in [-0.2, 0) is 4.84 Å². The summed E-state index contributed by atoms with van der Waals surface area (Å²) in [6, 6.07) is 5.79. The lowest BCUT2D eigenvalue weighted by atomic mass is 10.1. The first-order valence-corrected chi connectivity index (χ1v) is 7.22. The lowest BCUT2D eigenvalue weighted by Crippen LogP contribution is -2.75. The molecule has 0 spiro atoms. The molecular weight excluding hydrogens is 256 g/mol. The van der Waals surface area contributed by atoms with Crippen LogP contribution in [0.2, 0.25) is 0 Å².